The molecule has 0 unspecified atom stereocenters. The highest BCUT2D eigenvalue weighted by Crippen LogP contribution is 2.44. The van der Waals surface area contributed by atoms with Gasteiger partial charge in [-0.3, -0.25) is 4.79 Å². The lowest BCUT2D eigenvalue weighted by Crippen LogP contribution is -2.19. The minimum absolute atomic E-state index is 0.183. The zero-order chi connectivity index (χ0) is 17.5. The van der Waals surface area contributed by atoms with E-state index in [2.05, 4.69) is 37.9 Å². The second-order valence-electron chi connectivity index (χ2n) is 4.70. The molecule has 124 valence electrons. The second kappa shape index (κ2) is 6.24. The summed E-state index contributed by atoms with van der Waals surface area (Å²) in [4.78, 5) is 19.9. The summed E-state index contributed by atoms with van der Waals surface area (Å²) in [6.45, 7) is 0. The molecule has 1 amide bonds. The van der Waals surface area contributed by atoms with E-state index in [1.54, 1.807) is 0 Å². The van der Waals surface area contributed by atoms with Crippen LogP contribution in [-0.2, 0) is 11.0 Å². The Bertz CT molecular complexity index is 869. The van der Waals surface area contributed by atoms with Gasteiger partial charge in [0.2, 0.25) is 0 Å². The van der Waals surface area contributed by atoms with Crippen molar-refractivity contribution >= 4 is 51.5 Å². The number of carbonyl (C=O) groups excluding carboxylic acids is 1. The molecule has 0 atom stereocenters. The van der Waals surface area contributed by atoms with Crippen LogP contribution in [0.3, 0.4) is 0 Å². The largest absolute Gasteiger partial charge is 0.433 e. The third kappa shape index (κ3) is 3.34. The summed E-state index contributed by atoms with van der Waals surface area (Å²) >= 11 is 3.33. The monoisotopic (exact) mass is 464 g/mol. The van der Waals surface area contributed by atoms with Crippen LogP contribution < -0.4 is 11.1 Å². The number of carbonyl (C=O) groups is 1. The van der Waals surface area contributed by atoms with Crippen molar-refractivity contribution in [1.29, 1.82) is 0 Å². The van der Waals surface area contributed by atoms with Gasteiger partial charge in [-0.25, -0.2) is 9.97 Å². The third-order valence-corrected chi connectivity index (χ3v) is 4.79. The summed E-state index contributed by atoms with van der Waals surface area (Å²) in [6.07, 6.45) is -3.69. The van der Waals surface area contributed by atoms with Crippen LogP contribution in [0.15, 0.2) is 40.4 Å². The van der Waals surface area contributed by atoms with Gasteiger partial charge in [0.05, 0.1) is 10.7 Å². The molecule has 1 aromatic heterocycles. The predicted octanol–water partition coefficient (Wildman–Crippen LogP) is 3.47. The predicted molar refractivity (Wildman–Crippen MR) is 91.8 cm³/mol. The molecule has 0 aliphatic carbocycles. The number of aromatic nitrogens is 2. The Balaban J connectivity index is 2.08. The lowest BCUT2D eigenvalue weighted by atomic mass is 10.2. The number of fused-ring (bicyclic) bond motifs is 1. The molecule has 0 radical (unpaired) electrons. The minimum Gasteiger partial charge on any atom is -0.365 e. The van der Waals surface area contributed by atoms with Crippen LogP contribution in [0.4, 0.5) is 18.9 Å². The zero-order valence-corrected chi connectivity index (χ0v) is 14.7. The molecular weight excluding hydrogens is 456 g/mol. The molecule has 3 rings (SSSR count). The second-order valence-corrected chi connectivity index (χ2v) is 7.00. The first kappa shape index (κ1) is 17.0. The Kier molecular flexibility index (Phi) is 4.42. The van der Waals surface area contributed by atoms with Crippen molar-refractivity contribution in [1.82, 2.24) is 9.97 Å². The highest BCUT2D eigenvalue weighted by molar-refractivity contribution is 14.1. The number of nitrogens with zero attached hydrogens (tertiary/aromatic N) is 2. The normalized spacial score (nSPS) is 15.7. The van der Waals surface area contributed by atoms with Gasteiger partial charge in [0.15, 0.2) is 5.82 Å². The molecule has 0 saturated carbocycles. The van der Waals surface area contributed by atoms with E-state index in [9.17, 15) is 18.0 Å². The molecule has 1 aliphatic heterocycles. The van der Waals surface area contributed by atoms with E-state index in [1.807, 2.05) is 18.2 Å². The van der Waals surface area contributed by atoms with Crippen LogP contribution in [0.25, 0.3) is 5.57 Å². The molecule has 0 saturated heterocycles. The average Bonchev–Trinajstić information content (AvgIpc) is 2.88. The van der Waals surface area contributed by atoms with Crippen LogP contribution in [-0.4, -0.2) is 15.9 Å². The molecule has 0 bridgehead atoms. The van der Waals surface area contributed by atoms with Gasteiger partial charge in [0, 0.05) is 14.7 Å². The van der Waals surface area contributed by atoms with Crippen molar-refractivity contribution in [2.24, 2.45) is 5.73 Å². The highest BCUT2D eigenvalue weighted by Gasteiger charge is 2.34. The van der Waals surface area contributed by atoms with Crippen molar-refractivity contribution in [3.8, 4) is 0 Å². The van der Waals surface area contributed by atoms with Gasteiger partial charge < -0.3 is 11.1 Å². The van der Waals surface area contributed by atoms with Gasteiger partial charge in [0.25, 0.3) is 5.91 Å². The van der Waals surface area contributed by atoms with Crippen molar-refractivity contribution in [2.75, 3.05) is 5.32 Å². The number of benzene rings is 1. The first-order chi connectivity index (χ1) is 11.3. The summed E-state index contributed by atoms with van der Waals surface area (Å²) in [6, 6.07) is 6.29. The molecule has 0 fully saturated rings. The smallest absolute Gasteiger partial charge is 0.365 e. The van der Waals surface area contributed by atoms with Gasteiger partial charge >= 0.3 is 6.18 Å². The first-order valence-corrected chi connectivity index (χ1v) is 8.34. The Morgan fingerprint density at radius 3 is 2.71 bits per heavy atom. The van der Waals surface area contributed by atoms with Crippen molar-refractivity contribution in [3.05, 3.63) is 50.6 Å². The summed E-state index contributed by atoms with van der Waals surface area (Å²) in [5.74, 6) is -1.28. The number of nitrogens with one attached hydrogen (secondary N) is 1. The van der Waals surface area contributed by atoms with Crippen LogP contribution in [0.2, 0.25) is 0 Å². The van der Waals surface area contributed by atoms with E-state index in [1.165, 1.54) is 11.8 Å². The van der Waals surface area contributed by atoms with Gasteiger partial charge in [-0.2, -0.15) is 13.2 Å². The topological polar surface area (TPSA) is 80.9 Å². The average molecular weight is 464 g/mol. The molecule has 5 nitrogen and oxygen atoms in total. The number of hydrogen-bond acceptors (Lipinski definition) is 5. The number of alkyl halides is 3. The van der Waals surface area contributed by atoms with Crippen LogP contribution >= 0.6 is 34.4 Å². The van der Waals surface area contributed by atoms with Gasteiger partial charge in [0.1, 0.15) is 11.3 Å². The Labute approximate surface area is 152 Å². The Morgan fingerprint density at radius 2 is 2.04 bits per heavy atom. The standard InChI is InChI=1S/C14H8F3IN4OS/c15-14(16,17)9-3-4-20-12(22-9)10(11(19)23)13-21-7-2-1-6(18)5-8(7)24-13/h1-5,21H,(H2,19,23)/b13-10-. The number of nitrogens with two attached hydrogens (primary N) is 1. The maximum atomic E-state index is 12.8. The van der Waals surface area contributed by atoms with Gasteiger partial charge in [-0.1, -0.05) is 11.8 Å². The van der Waals surface area contributed by atoms with Crippen molar-refractivity contribution in [3.63, 3.8) is 0 Å². The fourth-order valence-corrected chi connectivity index (χ4v) is 3.81. The van der Waals surface area contributed by atoms with E-state index in [0.29, 0.717) is 5.03 Å². The molecule has 10 heteroatoms. The lowest BCUT2D eigenvalue weighted by Gasteiger charge is -2.09. The fourth-order valence-electron chi connectivity index (χ4n) is 2.02. The number of rotatable bonds is 2. The van der Waals surface area contributed by atoms with E-state index in [4.69, 9.17) is 5.73 Å². The number of halogens is 4. The SMILES string of the molecule is NC(=O)/C(=C1\Nc2ccc(I)cc2S1)c1nccc(C(F)(F)F)n1. The van der Waals surface area contributed by atoms with Crippen molar-refractivity contribution in [2.45, 2.75) is 11.1 Å². The van der Waals surface area contributed by atoms with E-state index >= 15 is 0 Å². The number of primary amides is 1. The van der Waals surface area contributed by atoms with E-state index in [-0.39, 0.29) is 11.4 Å². The molecule has 2 heterocycles. The summed E-state index contributed by atoms with van der Waals surface area (Å²) < 4.78 is 39.5. The zero-order valence-electron chi connectivity index (χ0n) is 11.7. The molecule has 1 aromatic carbocycles. The maximum Gasteiger partial charge on any atom is 0.433 e. The van der Waals surface area contributed by atoms with Crippen molar-refractivity contribution < 1.29 is 18.0 Å². The number of anilines is 1. The number of thioether (sulfide) groups is 1. The quantitative estimate of drug-likeness (QED) is 0.526. The summed E-state index contributed by atoms with van der Waals surface area (Å²) in [5.41, 5.74) is 4.78. The molecule has 1 aliphatic rings. The van der Waals surface area contributed by atoms with Gasteiger partial charge in [-0.05, 0) is 46.9 Å². The minimum atomic E-state index is -4.64. The lowest BCUT2D eigenvalue weighted by molar-refractivity contribution is -0.141. The van der Waals surface area contributed by atoms with Gasteiger partial charge in [-0.15, -0.1) is 0 Å². The van der Waals surface area contributed by atoms with Crippen LogP contribution in [0, 0.1) is 3.57 Å². The third-order valence-electron chi connectivity index (χ3n) is 3.05. The number of amides is 1. The first-order valence-electron chi connectivity index (χ1n) is 6.45. The molecular formula is C14H8F3IN4OS. The molecule has 0 spiro atoms. The maximum absolute atomic E-state index is 12.8. The summed E-state index contributed by atoms with van der Waals surface area (Å²) in [7, 11) is 0. The molecule has 3 N–H and O–H groups in total. The fraction of sp³-hybridized carbons (Fsp3) is 0.0714. The Morgan fingerprint density at radius 1 is 1.29 bits per heavy atom. The molecule has 2 aromatic rings. The van der Waals surface area contributed by atoms with Crippen LogP contribution in [0.1, 0.15) is 11.5 Å². The molecule has 24 heavy (non-hydrogen) atoms. The number of hydrogen-bond donors (Lipinski definition) is 2. The highest BCUT2D eigenvalue weighted by atomic mass is 127. The van der Waals surface area contributed by atoms with Crippen LogP contribution in [0.5, 0.6) is 0 Å². The summed E-state index contributed by atoms with van der Waals surface area (Å²) in [5, 5.41) is 3.28. The van der Waals surface area contributed by atoms with E-state index < -0.39 is 17.8 Å². The van der Waals surface area contributed by atoms with E-state index in [0.717, 1.165) is 26.4 Å². The Hall–Kier alpha value is -1.82.